The van der Waals surface area contributed by atoms with Crippen molar-refractivity contribution in [3.05, 3.63) is 29.8 Å². The van der Waals surface area contributed by atoms with E-state index in [1.807, 2.05) is 25.1 Å². The van der Waals surface area contributed by atoms with Crippen LogP contribution in [0.4, 0.5) is 0 Å². The molecule has 0 aromatic heterocycles. The molecule has 0 atom stereocenters. The molecule has 2 fully saturated rings. The summed E-state index contributed by atoms with van der Waals surface area (Å²) in [5, 5.41) is 6.61. The van der Waals surface area contributed by atoms with Crippen molar-refractivity contribution in [2.24, 2.45) is 10.9 Å². The van der Waals surface area contributed by atoms with Crippen molar-refractivity contribution in [1.82, 2.24) is 15.5 Å². The van der Waals surface area contributed by atoms with Gasteiger partial charge in [-0.3, -0.25) is 4.90 Å². The summed E-state index contributed by atoms with van der Waals surface area (Å²) >= 11 is 0. The zero-order valence-electron chi connectivity index (χ0n) is 17.1. The Labute approximate surface area is 191 Å². The minimum atomic E-state index is -2.83. The van der Waals surface area contributed by atoms with E-state index in [-0.39, 0.29) is 35.5 Å². The molecule has 1 heterocycles. The van der Waals surface area contributed by atoms with Crippen LogP contribution in [0.1, 0.15) is 25.3 Å². The first-order chi connectivity index (χ1) is 13.6. The molecule has 0 amide bonds. The topological polar surface area (TPSA) is 83.0 Å². The molecular weight excluding hydrogens is 503 g/mol. The molecule has 7 nitrogen and oxygen atoms in total. The highest BCUT2D eigenvalue weighted by Crippen LogP contribution is 2.30. The van der Waals surface area contributed by atoms with Crippen molar-refractivity contribution in [2.45, 2.75) is 26.3 Å². The third-order valence-corrected chi connectivity index (χ3v) is 6.66. The fourth-order valence-electron chi connectivity index (χ4n) is 3.08. The number of ether oxygens (including phenoxy) is 1. The fourth-order valence-corrected chi connectivity index (χ4v) is 4.36. The number of rotatable bonds is 9. The SMILES string of the molecule is CCNC(=NCc1ccccc1OCC1CC1)NCCN1CCS(=O)(=O)CC1.I. The Bertz CT molecular complexity index is 755. The molecule has 29 heavy (non-hydrogen) atoms. The van der Waals surface area contributed by atoms with Crippen LogP contribution in [0.25, 0.3) is 0 Å². The van der Waals surface area contributed by atoms with E-state index in [2.05, 4.69) is 21.6 Å². The van der Waals surface area contributed by atoms with Crippen molar-refractivity contribution >= 4 is 39.8 Å². The zero-order valence-corrected chi connectivity index (χ0v) is 20.2. The standard InChI is InChI=1S/C20H32N4O3S.HI/c1-2-21-20(22-9-10-24-11-13-28(25,26)14-12-24)23-15-18-5-3-4-6-19(18)27-16-17-7-8-17;/h3-6,17H,2,7-16H2,1H3,(H2,21,22,23);1H. The Kier molecular flexibility index (Phi) is 9.97. The minimum absolute atomic E-state index is 0. The summed E-state index contributed by atoms with van der Waals surface area (Å²) in [5.74, 6) is 2.94. The monoisotopic (exact) mass is 536 g/mol. The number of hydrogen-bond acceptors (Lipinski definition) is 5. The van der Waals surface area contributed by atoms with Gasteiger partial charge in [-0.1, -0.05) is 18.2 Å². The molecule has 2 N–H and O–H groups in total. The first-order valence-electron chi connectivity index (χ1n) is 10.2. The van der Waals surface area contributed by atoms with Crippen molar-refractivity contribution in [1.29, 1.82) is 0 Å². The number of aliphatic imine (C=N–C) groups is 1. The molecule has 1 aliphatic heterocycles. The molecule has 1 saturated heterocycles. The van der Waals surface area contributed by atoms with Gasteiger partial charge in [-0.15, -0.1) is 24.0 Å². The summed E-state index contributed by atoms with van der Waals surface area (Å²) in [6.07, 6.45) is 2.55. The highest BCUT2D eigenvalue weighted by molar-refractivity contribution is 14.0. The number of nitrogens with one attached hydrogen (secondary N) is 2. The van der Waals surface area contributed by atoms with Gasteiger partial charge in [0.05, 0.1) is 24.7 Å². The Morgan fingerprint density at radius 1 is 1.21 bits per heavy atom. The van der Waals surface area contributed by atoms with Gasteiger partial charge in [0.1, 0.15) is 5.75 Å². The van der Waals surface area contributed by atoms with Gasteiger partial charge in [0.2, 0.25) is 0 Å². The van der Waals surface area contributed by atoms with Crippen LogP contribution in [0.2, 0.25) is 0 Å². The summed E-state index contributed by atoms with van der Waals surface area (Å²) in [5.41, 5.74) is 1.08. The predicted molar refractivity (Wildman–Crippen MR) is 128 cm³/mol. The van der Waals surface area contributed by atoms with Crippen LogP contribution in [-0.4, -0.2) is 70.1 Å². The van der Waals surface area contributed by atoms with E-state index < -0.39 is 9.84 Å². The summed E-state index contributed by atoms with van der Waals surface area (Å²) in [4.78, 5) is 6.87. The van der Waals surface area contributed by atoms with Crippen LogP contribution in [0.5, 0.6) is 5.75 Å². The first kappa shape index (κ1) is 24.2. The smallest absolute Gasteiger partial charge is 0.191 e. The van der Waals surface area contributed by atoms with Gasteiger partial charge < -0.3 is 15.4 Å². The predicted octanol–water partition coefficient (Wildman–Crippen LogP) is 1.88. The maximum atomic E-state index is 11.5. The summed E-state index contributed by atoms with van der Waals surface area (Å²) in [7, 11) is -2.83. The van der Waals surface area contributed by atoms with Gasteiger partial charge in [0.25, 0.3) is 0 Å². The van der Waals surface area contributed by atoms with E-state index in [0.717, 1.165) is 49.4 Å². The van der Waals surface area contributed by atoms with Crippen molar-refractivity contribution in [2.75, 3.05) is 50.8 Å². The third-order valence-electron chi connectivity index (χ3n) is 5.05. The van der Waals surface area contributed by atoms with Gasteiger partial charge in [-0.25, -0.2) is 13.4 Å². The van der Waals surface area contributed by atoms with E-state index >= 15 is 0 Å². The van der Waals surface area contributed by atoms with E-state index in [9.17, 15) is 8.42 Å². The fraction of sp³-hybridized carbons (Fsp3) is 0.650. The Hall–Kier alpha value is -1.07. The molecule has 0 bridgehead atoms. The number of para-hydroxylation sites is 1. The molecule has 1 aromatic carbocycles. The second-order valence-electron chi connectivity index (χ2n) is 7.48. The van der Waals surface area contributed by atoms with Crippen LogP contribution in [0.3, 0.4) is 0 Å². The van der Waals surface area contributed by atoms with Crippen LogP contribution >= 0.6 is 24.0 Å². The van der Waals surface area contributed by atoms with Crippen LogP contribution in [-0.2, 0) is 16.4 Å². The average molecular weight is 536 g/mol. The third kappa shape index (κ3) is 8.67. The molecule has 3 rings (SSSR count). The van der Waals surface area contributed by atoms with Crippen molar-refractivity contribution < 1.29 is 13.2 Å². The number of hydrogen-bond donors (Lipinski definition) is 2. The summed E-state index contributed by atoms with van der Waals surface area (Å²) < 4.78 is 29.0. The van der Waals surface area contributed by atoms with Gasteiger partial charge in [-0.2, -0.15) is 0 Å². The highest BCUT2D eigenvalue weighted by Gasteiger charge is 2.22. The average Bonchev–Trinajstić information content (AvgIpc) is 3.51. The molecule has 164 valence electrons. The molecule has 1 aliphatic carbocycles. The maximum absolute atomic E-state index is 11.5. The summed E-state index contributed by atoms with van der Waals surface area (Å²) in [6.45, 7) is 6.94. The lowest BCUT2D eigenvalue weighted by molar-refractivity contribution is 0.297. The number of nitrogens with zero attached hydrogens (tertiary/aromatic N) is 2. The van der Waals surface area contributed by atoms with Gasteiger partial charge in [0.15, 0.2) is 15.8 Å². The number of benzene rings is 1. The lowest BCUT2D eigenvalue weighted by atomic mass is 10.2. The van der Waals surface area contributed by atoms with E-state index in [1.54, 1.807) is 0 Å². The molecular formula is C20H33IN4O3S. The van der Waals surface area contributed by atoms with Gasteiger partial charge in [0, 0.05) is 38.3 Å². The second kappa shape index (κ2) is 11.9. The molecule has 1 saturated carbocycles. The molecule has 0 spiro atoms. The lowest BCUT2D eigenvalue weighted by Gasteiger charge is -2.26. The molecule has 0 unspecified atom stereocenters. The number of sulfone groups is 1. The normalized spacial score (nSPS) is 19.3. The molecule has 1 aromatic rings. The molecule has 0 radical (unpaired) electrons. The van der Waals surface area contributed by atoms with E-state index in [1.165, 1.54) is 12.8 Å². The number of guanidine groups is 1. The largest absolute Gasteiger partial charge is 0.493 e. The molecule has 2 aliphatic rings. The van der Waals surface area contributed by atoms with E-state index in [0.29, 0.717) is 19.6 Å². The first-order valence-corrected chi connectivity index (χ1v) is 12.0. The minimum Gasteiger partial charge on any atom is -0.493 e. The number of halogens is 1. The summed E-state index contributed by atoms with van der Waals surface area (Å²) in [6, 6.07) is 8.08. The molecule has 9 heteroatoms. The Balaban J connectivity index is 0.00000300. The Morgan fingerprint density at radius 2 is 1.93 bits per heavy atom. The van der Waals surface area contributed by atoms with Gasteiger partial charge >= 0.3 is 0 Å². The highest BCUT2D eigenvalue weighted by atomic mass is 127. The van der Waals surface area contributed by atoms with Crippen LogP contribution in [0, 0.1) is 5.92 Å². The lowest BCUT2D eigenvalue weighted by Crippen LogP contribution is -2.45. The maximum Gasteiger partial charge on any atom is 0.191 e. The van der Waals surface area contributed by atoms with Crippen LogP contribution < -0.4 is 15.4 Å². The quantitative estimate of drug-likeness (QED) is 0.285. The zero-order chi connectivity index (χ0) is 19.8. The Morgan fingerprint density at radius 3 is 2.62 bits per heavy atom. The second-order valence-corrected chi connectivity index (χ2v) is 9.78. The van der Waals surface area contributed by atoms with Crippen LogP contribution in [0.15, 0.2) is 29.3 Å². The van der Waals surface area contributed by atoms with Gasteiger partial charge in [-0.05, 0) is 31.7 Å². The van der Waals surface area contributed by atoms with Crippen molar-refractivity contribution in [3.8, 4) is 5.75 Å². The van der Waals surface area contributed by atoms with Crippen molar-refractivity contribution in [3.63, 3.8) is 0 Å². The van der Waals surface area contributed by atoms with E-state index in [4.69, 9.17) is 9.73 Å².